The van der Waals surface area contributed by atoms with Gasteiger partial charge in [-0.3, -0.25) is 0 Å². The Morgan fingerprint density at radius 3 is 2.69 bits per heavy atom. The summed E-state index contributed by atoms with van der Waals surface area (Å²) in [6.07, 6.45) is 1.38. The van der Waals surface area contributed by atoms with Gasteiger partial charge in [-0.05, 0) is 41.6 Å². The minimum absolute atomic E-state index is 0.386. The fourth-order valence-electron chi connectivity index (χ4n) is 2.65. The maximum atomic E-state index is 13.7. The van der Waals surface area contributed by atoms with Gasteiger partial charge in [0, 0.05) is 11.8 Å². The van der Waals surface area contributed by atoms with Crippen LogP contribution in [0.1, 0.15) is 5.56 Å². The van der Waals surface area contributed by atoms with E-state index in [1.165, 1.54) is 23.0 Å². The Balaban J connectivity index is 1.92. The van der Waals surface area contributed by atoms with Crippen molar-refractivity contribution in [2.24, 2.45) is 0 Å². The Hall–Kier alpha value is -3.68. The summed E-state index contributed by atoms with van der Waals surface area (Å²) in [6.45, 7) is 1.98. The summed E-state index contributed by atoms with van der Waals surface area (Å²) < 4.78 is 15.2. The van der Waals surface area contributed by atoms with E-state index >= 15 is 0 Å². The van der Waals surface area contributed by atoms with Crippen molar-refractivity contribution in [2.45, 2.75) is 6.92 Å². The summed E-state index contributed by atoms with van der Waals surface area (Å²) in [5.74, 6) is -0.0268. The second-order valence-electron chi connectivity index (χ2n) is 5.74. The van der Waals surface area contributed by atoms with Crippen molar-refractivity contribution in [3.63, 3.8) is 0 Å². The maximum absolute atomic E-state index is 13.7. The van der Waals surface area contributed by atoms with Crippen LogP contribution >= 0.6 is 0 Å². The van der Waals surface area contributed by atoms with Crippen LogP contribution in [0.2, 0.25) is 0 Å². The quantitative estimate of drug-likeness (QED) is 0.614. The predicted molar refractivity (Wildman–Crippen MR) is 93.1 cm³/mol. The summed E-state index contributed by atoms with van der Waals surface area (Å²) in [6, 6.07) is 13.6. The number of nitrogens with zero attached hydrogens (tertiary/aromatic N) is 5. The van der Waals surface area contributed by atoms with Crippen LogP contribution in [0.15, 0.2) is 59.5 Å². The number of aromatic nitrogens is 6. The van der Waals surface area contributed by atoms with Crippen molar-refractivity contribution in [1.29, 1.82) is 0 Å². The van der Waals surface area contributed by atoms with Crippen LogP contribution in [-0.4, -0.2) is 30.2 Å². The minimum atomic E-state index is -0.539. The lowest BCUT2D eigenvalue weighted by Gasteiger charge is -2.09. The Kier molecular flexibility index (Phi) is 3.85. The Morgan fingerprint density at radius 1 is 1.12 bits per heavy atom. The SMILES string of the molecule is Cc1ccc(-n2nnnc2-c2cnc(=O)[nH]c2-c2cccc(F)c2)cc1. The summed E-state index contributed by atoms with van der Waals surface area (Å²) in [5.41, 5.74) is 2.70. The second kappa shape index (κ2) is 6.32. The van der Waals surface area contributed by atoms with E-state index in [0.29, 0.717) is 22.6 Å². The molecule has 0 aliphatic heterocycles. The first-order chi connectivity index (χ1) is 12.6. The number of rotatable bonds is 3. The van der Waals surface area contributed by atoms with Gasteiger partial charge in [-0.15, -0.1) is 5.10 Å². The molecule has 0 saturated carbocycles. The Bertz CT molecular complexity index is 1130. The molecule has 0 aliphatic carbocycles. The highest BCUT2D eigenvalue weighted by atomic mass is 19.1. The molecule has 0 atom stereocenters. The number of benzene rings is 2. The number of aryl methyl sites for hydroxylation is 1. The van der Waals surface area contributed by atoms with Crippen molar-refractivity contribution >= 4 is 0 Å². The molecular formula is C18H13FN6O. The molecule has 0 bridgehead atoms. The zero-order valence-electron chi connectivity index (χ0n) is 13.7. The van der Waals surface area contributed by atoms with Gasteiger partial charge in [0.1, 0.15) is 5.82 Å². The van der Waals surface area contributed by atoms with Gasteiger partial charge < -0.3 is 4.98 Å². The molecule has 8 heteroatoms. The molecule has 4 rings (SSSR count). The number of halogens is 1. The highest BCUT2D eigenvalue weighted by Gasteiger charge is 2.17. The normalized spacial score (nSPS) is 10.8. The van der Waals surface area contributed by atoms with Crippen molar-refractivity contribution in [1.82, 2.24) is 30.2 Å². The number of aromatic amines is 1. The van der Waals surface area contributed by atoms with Crippen LogP contribution in [0.25, 0.3) is 28.3 Å². The van der Waals surface area contributed by atoms with Gasteiger partial charge in [0.25, 0.3) is 0 Å². The molecule has 2 heterocycles. The second-order valence-corrected chi connectivity index (χ2v) is 5.74. The van der Waals surface area contributed by atoms with Crippen molar-refractivity contribution in [3.05, 3.63) is 76.6 Å². The van der Waals surface area contributed by atoms with Gasteiger partial charge in [-0.25, -0.2) is 14.2 Å². The molecular weight excluding hydrogens is 335 g/mol. The van der Waals surface area contributed by atoms with E-state index in [2.05, 4.69) is 25.5 Å². The number of hydrogen-bond donors (Lipinski definition) is 1. The summed E-state index contributed by atoms with van der Waals surface area (Å²) in [5, 5.41) is 11.8. The average molecular weight is 348 g/mol. The molecule has 0 radical (unpaired) electrons. The molecule has 2 aromatic heterocycles. The highest BCUT2D eigenvalue weighted by molar-refractivity contribution is 5.77. The first-order valence-corrected chi connectivity index (χ1v) is 7.83. The number of nitrogens with one attached hydrogen (secondary N) is 1. The first-order valence-electron chi connectivity index (χ1n) is 7.83. The van der Waals surface area contributed by atoms with E-state index in [1.54, 1.807) is 12.1 Å². The number of hydrogen-bond acceptors (Lipinski definition) is 5. The molecule has 0 unspecified atom stereocenters. The standard InChI is InChI=1S/C18H13FN6O/c1-11-5-7-14(8-6-11)25-17(22-23-24-25)15-10-20-18(26)21-16(15)12-3-2-4-13(19)9-12/h2-10H,1H3,(H,20,21,26). The van der Waals surface area contributed by atoms with E-state index in [1.807, 2.05) is 31.2 Å². The molecule has 4 aromatic rings. The van der Waals surface area contributed by atoms with Crippen molar-refractivity contribution in [3.8, 4) is 28.3 Å². The fourth-order valence-corrected chi connectivity index (χ4v) is 2.65. The topological polar surface area (TPSA) is 89.3 Å². The third-order valence-electron chi connectivity index (χ3n) is 3.91. The van der Waals surface area contributed by atoms with Crippen LogP contribution < -0.4 is 5.69 Å². The molecule has 1 N–H and O–H groups in total. The van der Waals surface area contributed by atoms with E-state index in [9.17, 15) is 9.18 Å². The third kappa shape index (κ3) is 2.88. The van der Waals surface area contributed by atoms with E-state index < -0.39 is 11.5 Å². The van der Waals surface area contributed by atoms with Gasteiger partial charge in [0.15, 0.2) is 5.82 Å². The monoisotopic (exact) mass is 348 g/mol. The molecule has 2 aromatic carbocycles. The van der Waals surface area contributed by atoms with Gasteiger partial charge in [0.2, 0.25) is 0 Å². The van der Waals surface area contributed by atoms with Crippen LogP contribution in [0.3, 0.4) is 0 Å². The van der Waals surface area contributed by atoms with Crippen LogP contribution in [0.5, 0.6) is 0 Å². The van der Waals surface area contributed by atoms with Gasteiger partial charge in [0.05, 0.1) is 16.9 Å². The molecule has 0 saturated heterocycles. The molecule has 0 aliphatic rings. The molecule has 0 amide bonds. The maximum Gasteiger partial charge on any atom is 0.345 e. The molecule has 26 heavy (non-hydrogen) atoms. The van der Waals surface area contributed by atoms with Crippen molar-refractivity contribution < 1.29 is 4.39 Å². The molecule has 0 fully saturated rings. The van der Waals surface area contributed by atoms with Crippen LogP contribution in [0.4, 0.5) is 4.39 Å². The lowest BCUT2D eigenvalue weighted by molar-refractivity contribution is 0.628. The summed E-state index contributed by atoms with van der Waals surface area (Å²) in [7, 11) is 0. The van der Waals surface area contributed by atoms with E-state index in [-0.39, 0.29) is 0 Å². The number of H-pyrrole nitrogens is 1. The van der Waals surface area contributed by atoms with Gasteiger partial charge >= 0.3 is 5.69 Å². The molecule has 128 valence electrons. The molecule has 7 nitrogen and oxygen atoms in total. The summed E-state index contributed by atoms with van der Waals surface area (Å²) in [4.78, 5) is 18.2. The smallest absolute Gasteiger partial charge is 0.305 e. The lowest BCUT2D eigenvalue weighted by atomic mass is 10.1. The highest BCUT2D eigenvalue weighted by Crippen LogP contribution is 2.28. The minimum Gasteiger partial charge on any atom is -0.305 e. The lowest BCUT2D eigenvalue weighted by Crippen LogP contribution is -2.12. The Labute approximate surface area is 147 Å². The average Bonchev–Trinajstić information content (AvgIpc) is 3.12. The largest absolute Gasteiger partial charge is 0.345 e. The van der Waals surface area contributed by atoms with Gasteiger partial charge in [-0.1, -0.05) is 29.8 Å². The van der Waals surface area contributed by atoms with E-state index in [0.717, 1.165) is 11.3 Å². The van der Waals surface area contributed by atoms with E-state index in [4.69, 9.17) is 0 Å². The van der Waals surface area contributed by atoms with Crippen LogP contribution in [0, 0.1) is 12.7 Å². The molecule has 0 spiro atoms. The zero-order chi connectivity index (χ0) is 18.1. The first kappa shape index (κ1) is 15.8. The van der Waals surface area contributed by atoms with Gasteiger partial charge in [-0.2, -0.15) is 4.68 Å². The van der Waals surface area contributed by atoms with Crippen LogP contribution in [-0.2, 0) is 0 Å². The predicted octanol–water partition coefficient (Wildman–Crippen LogP) is 2.53. The summed E-state index contributed by atoms with van der Waals surface area (Å²) >= 11 is 0. The number of tetrazole rings is 1. The van der Waals surface area contributed by atoms with Crippen molar-refractivity contribution in [2.75, 3.05) is 0 Å². The zero-order valence-corrected chi connectivity index (χ0v) is 13.7. The Morgan fingerprint density at radius 2 is 1.92 bits per heavy atom. The third-order valence-corrected chi connectivity index (χ3v) is 3.91. The fraction of sp³-hybridized carbons (Fsp3) is 0.0556.